The van der Waals surface area contributed by atoms with E-state index in [1.54, 1.807) is 0 Å². The van der Waals surface area contributed by atoms with Crippen molar-refractivity contribution in [3.8, 4) is 5.75 Å². The molecule has 0 aliphatic rings. The van der Waals surface area contributed by atoms with Crippen molar-refractivity contribution in [2.24, 2.45) is 0 Å². The second-order valence-electron chi connectivity index (χ2n) is 2.33. The summed E-state index contributed by atoms with van der Waals surface area (Å²) in [4.78, 5) is 0. The first kappa shape index (κ1) is 9.58. The molecule has 2 heteroatoms. The van der Waals surface area contributed by atoms with Gasteiger partial charge in [-0.15, -0.1) is 0 Å². The third-order valence-corrected chi connectivity index (χ3v) is 2.38. The van der Waals surface area contributed by atoms with Gasteiger partial charge in [0.15, 0.2) is 0 Å². The van der Waals surface area contributed by atoms with E-state index in [4.69, 9.17) is 4.74 Å². The quantitative estimate of drug-likeness (QED) is 0.768. The van der Waals surface area contributed by atoms with Gasteiger partial charge < -0.3 is 4.74 Å². The van der Waals surface area contributed by atoms with Crippen molar-refractivity contribution in [2.45, 2.75) is 6.92 Å². The molecule has 0 bridgehead atoms. The first-order chi connectivity index (χ1) is 5.77. The van der Waals surface area contributed by atoms with Crippen molar-refractivity contribution in [3.05, 3.63) is 33.9 Å². The summed E-state index contributed by atoms with van der Waals surface area (Å²) in [6.07, 6.45) is 1.82. The number of hydrogen-bond acceptors (Lipinski definition) is 1. The molecule has 1 aromatic rings. The van der Waals surface area contributed by atoms with Crippen LogP contribution in [0.2, 0.25) is 0 Å². The average Bonchev–Trinajstić information content (AvgIpc) is 2.09. The van der Waals surface area contributed by atoms with Crippen molar-refractivity contribution < 1.29 is 4.74 Å². The van der Waals surface area contributed by atoms with Gasteiger partial charge in [0.2, 0.25) is 0 Å². The monoisotopic (exact) mass is 274 g/mol. The molecule has 64 valence electrons. The Morgan fingerprint density at radius 2 is 2.33 bits per heavy atom. The summed E-state index contributed by atoms with van der Waals surface area (Å²) in [5.74, 6) is 0.940. The van der Waals surface area contributed by atoms with Gasteiger partial charge in [-0.2, -0.15) is 0 Å². The first-order valence-corrected chi connectivity index (χ1v) is 4.90. The van der Waals surface area contributed by atoms with Crippen LogP contribution < -0.4 is 4.74 Å². The van der Waals surface area contributed by atoms with Gasteiger partial charge in [-0.25, -0.2) is 0 Å². The number of benzene rings is 1. The van der Waals surface area contributed by atoms with E-state index in [-0.39, 0.29) is 0 Å². The average molecular weight is 274 g/mol. The molecule has 0 aliphatic carbocycles. The lowest BCUT2D eigenvalue weighted by molar-refractivity contribution is 0.338. The Hall–Kier alpha value is -0.510. The predicted molar refractivity (Wildman–Crippen MR) is 60.4 cm³/mol. The number of halogens is 1. The molecule has 0 aliphatic heterocycles. The SMILES string of the molecule is C=Cc1ccc(I)c(OCC)c1. The summed E-state index contributed by atoms with van der Waals surface area (Å²) in [6, 6.07) is 6.05. The minimum Gasteiger partial charge on any atom is -0.493 e. The zero-order chi connectivity index (χ0) is 8.97. The van der Waals surface area contributed by atoms with E-state index < -0.39 is 0 Å². The largest absolute Gasteiger partial charge is 0.493 e. The van der Waals surface area contributed by atoms with Crippen molar-refractivity contribution in [2.75, 3.05) is 6.61 Å². The summed E-state index contributed by atoms with van der Waals surface area (Å²) >= 11 is 2.26. The van der Waals surface area contributed by atoms with Gasteiger partial charge in [0.1, 0.15) is 5.75 Å². The topological polar surface area (TPSA) is 9.23 Å². The van der Waals surface area contributed by atoms with Crippen LogP contribution in [-0.2, 0) is 0 Å². The fraction of sp³-hybridized carbons (Fsp3) is 0.200. The lowest BCUT2D eigenvalue weighted by Crippen LogP contribution is -1.93. The molecule has 0 heterocycles. The zero-order valence-corrected chi connectivity index (χ0v) is 9.17. The van der Waals surface area contributed by atoms with E-state index in [0.717, 1.165) is 14.9 Å². The molecule has 12 heavy (non-hydrogen) atoms. The summed E-state index contributed by atoms with van der Waals surface area (Å²) in [7, 11) is 0. The highest BCUT2D eigenvalue weighted by Crippen LogP contribution is 2.22. The summed E-state index contributed by atoms with van der Waals surface area (Å²) in [5.41, 5.74) is 1.10. The Bertz CT molecular complexity index is 281. The van der Waals surface area contributed by atoms with Gasteiger partial charge in [-0.1, -0.05) is 18.7 Å². The molecule has 1 aromatic carbocycles. The number of rotatable bonds is 3. The smallest absolute Gasteiger partial charge is 0.133 e. The zero-order valence-electron chi connectivity index (χ0n) is 7.01. The van der Waals surface area contributed by atoms with Crippen molar-refractivity contribution in [3.63, 3.8) is 0 Å². The molecule has 0 spiro atoms. The fourth-order valence-electron chi connectivity index (χ4n) is 0.913. The van der Waals surface area contributed by atoms with Gasteiger partial charge in [-0.3, -0.25) is 0 Å². The Morgan fingerprint density at radius 1 is 1.58 bits per heavy atom. The molecule has 0 atom stereocenters. The van der Waals surface area contributed by atoms with Gasteiger partial charge in [-0.05, 0) is 47.2 Å². The lowest BCUT2D eigenvalue weighted by Gasteiger charge is -2.05. The van der Waals surface area contributed by atoms with Crippen LogP contribution in [0.5, 0.6) is 5.75 Å². The van der Waals surface area contributed by atoms with Gasteiger partial charge in [0, 0.05) is 0 Å². The minimum absolute atomic E-state index is 0.705. The molecule has 0 N–H and O–H groups in total. The van der Waals surface area contributed by atoms with Crippen LogP contribution in [0.25, 0.3) is 6.08 Å². The number of hydrogen-bond donors (Lipinski definition) is 0. The Balaban J connectivity index is 2.99. The van der Waals surface area contributed by atoms with E-state index in [1.165, 1.54) is 0 Å². The predicted octanol–water partition coefficient (Wildman–Crippen LogP) is 3.33. The van der Waals surface area contributed by atoms with E-state index >= 15 is 0 Å². The third kappa shape index (κ3) is 2.24. The van der Waals surface area contributed by atoms with E-state index in [2.05, 4.69) is 29.2 Å². The van der Waals surface area contributed by atoms with E-state index in [0.29, 0.717) is 6.61 Å². The Morgan fingerprint density at radius 3 is 2.92 bits per heavy atom. The van der Waals surface area contributed by atoms with Crippen LogP contribution in [0.15, 0.2) is 24.8 Å². The maximum Gasteiger partial charge on any atom is 0.133 e. The van der Waals surface area contributed by atoms with Gasteiger partial charge >= 0.3 is 0 Å². The first-order valence-electron chi connectivity index (χ1n) is 3.82. The van der Waals surface area contributed by atoms with Crippen molar-refractivity contribution in [1.82, 2.24) is 0 Å². The minimum atomic E-state index is 0.705. The molecule has 0 radical (unpaired) electrons. The third-order valence-electron chi connectivity index (χ3n) is 1.49. The Labute approximate surface area is 86.6 Å². The normalized spacial score (nSPS) is 9.50. The molecule has 1 nitrogen and oxygen atoms in total. The summed E-state index contributed by atoms with van der Waals surface area (Å²) in [5, 5.41) is 0. The van der Waals surface area contributed by atoms with E-state index in [1.807, 2.05) is 31.2 Å². The highest BCUT2D eigenvalue weighted by Gasteiger charge is 1.99. The summed E-state index contributed by atoms with van der Waals surface area (Å²) in [6.45, 7) is 6.39. The second kappa shape index (κ2) is 4.50. The molecule has 1 rings (SSSR count). The molecule has 0 unspecified atom stereocenters. The molecule has 0 saturated heterocycles. The Kier molecular flexibility index (Phi) is 3.59. The molecule has 0 fully saturated rings. The summed E-state index contributed by atoms with van der Waals surface area (Å²) < 4.78 is 6.56. The van der Waals surface area contributed by atoms with Crippen molar-refractivity contribution in [1.29, 1.82) is 0 Å². The standard InChI is InChI=1S/C10H11IO/c1-3-8-5-6-9(11)10(7-8)12-4-2/h3,5-7H,1,4H2,2H3. The second-order valence-corrected chi connectivity index (χ2v) is 3.49. The molecular weight excluding hydrogens is 263 g/mol. The van der Waals surface area contributed by atoms with Crippen LogP contribution in [0, 0.1) is 3.57 Å². The van der Waals surface area contributed by atoms with Crippen LogP contribution in [0.3, 0.4) is 0 Å². The van der Waals surface area contributed by atoms with Crippen LogP contribution in [0.1, 0.15) is 12.5 Å². The fourth-order valence-corrected chi connectivity index (χ4v) is 1.40. The lowest BCUT2D eigenvalue weighted by atomic mass is 10.2. The number of ether oxygens (including phenoxy) is 1. The molecular formula is C10H11IO. The van der Waals surface area contributed by atoms with Crippen LogP contribution in [-0.4, -0.2) is 6.61 Å². The molecule has 0 amide bonds. The highest BCUT2D eigenvalue weighted by atomic mass is 127. The van der Waals surface area contributed by atoms with Gasteiger partial charge in [0.25, 0.3) is 0 Å². The highest BCUT2D eigenvalue weighted by molar-refractivity contribution is 14.1. The molecule has 0 saturated carbocycles. The van der Waals surface area contributed by atoms with Crippen LogP contribution >= 0.6 is 22.6 Å². The van der Waals surface area contributed by atoms with E-state index in [9.17, 15) is 0 Å². The van der Waals surface area contributed by atoms with Crippen LogP contribution in [0.4, 0.5) is 0 Å². The van der Waals surface area contributed by atoms with Gasteiger partial charge in [0.05, 0.1) is 10.2 Å². The van der Waals surface area contributed by atoms with Crippen molar-refractivity contribution >= 4 is 28.7 Å². The molecule has 0 aromatic heterocycles. The maximum atomic E-state index is 5.42. The maximum absolute atomic E-state index is 5.42.